The van der Waals surface area contributed by atoms with Crippen LogP contribution >= 0.6 is 23.2 Å². The lowest BCUT2D eigenvalue weighted by Gasteiger charge is -2.33. The Hall–Kier alpha value is -3.67. The number of carbonyl (C=O) groups is 2. The second-order valence-electron chi connectivity index (χ2n) is 10.1. The highest BCUT2D eigenvalue weighted by Gasteiger charge is 2.33. The first-order chi connectivity index (χ1) is 20.3. The molecule has 1 N–H and O–H groups in total. The van der Waals surface area contributed by atoms with Gasteiger partial charge in [-0.2, -0.15) is 0 Å². The van der Waals surface area contributed by atoms with Crippen molar-refractivity contribution in [2.75, 3.05) is 23.7 Å². The van der Waals surface area contributed by atoms with E-state index in [1.165, 1.54) is 17.0 Å². The molecular formula is C30H34Cl2N4O6S. The first-order valence-corrected chi connectivity index (χ1v) is 16.2. The van der Waals surface area contributed by atoms with Crippen molar-refractivity contribution in [3.63, 3.8) is 0 Å². The van der Waals surface area contributed by atoms with Crippen LogP contribution in [0.25, 0.3) is 0 Å². The standard InChI is InChI=1S/C30H34Cl2N4O6S/c1-4-5-15-33-30(38)28(17-22-9-7-6-8-10-22)34(19-23-12-14-25(31)26(32)16-23)29(37)20-35(43(3,41)42)27-18-24(36(39)40)13-11-21(27)2/h6-14,16,18,28H,4-5,15,17,19-20H2,1-3H3,(H,33,38)/t28-/m1/s1. The lowest BCUT2D eigenvalue weighted by molar-refractivity contribution is -0.384. The molecule has 0 saturated heterocycles. The molecule has 0 heterocycles. The van der Waals surface area contributed by atoms with Gasteiger partial charge in [0.05, 0.1) is 26.9 Å². The highest BCUT2D eigenvalue weighted by molar-refractivity contribution is 7.92. The molecule has 0 aliphatic rings. The Morgan fingerprint density at radius 1 is 1.00 bits per heavy atom. The second-order valence-corrected chi connectivity index (χ2v) is 12.8. The van der Waals surface area contributed by atoms with Gasteiger partial charge in [0, 0.05) is 31.6 Å². The Labute approximate surface area is 261 Å². The molecule has 0 saturated carbocycles. The maximum Gasteiger partial charge on any atom is 0.271 e. The minimum Gasteiger partial charge on any atom is -0.354 e. The van der Waals surface area contributed by atoms with Gasteiger partial charge in [-0.1, -0.05) is 79.0 Å². The molecule has 3 aromatic carbocycles. The van der Waals surface area contributed by atoms with Gasteiger partial charge in [0.15, 0.2) is 0 Å². The fourth-order valence-corrected chi connectivity index (χ4v) is 5.69. The van der Waals surface area contributed by atoms with Crippen LogP contribution in [-0.4, -0.2) is 55.4 Å². The number of nitro benzene ring substituents is 1. The molecule has 0 spiro atoms. The molecule has 0 radical (unpaired) electrons. The molecule has 0 aromatic heterocycles. The minimum absolute atomic E-state index is 0.00783. The van der Waals surface area contributed by atoms with Crippen molar-refractivity contribution < 1.29 is 22.9 Å². The van der Waals surface area contributed by atoms with Crippen LogP contribution in [-0.2, 0) is 32.6 Å². The molecule has 2 amide bonds. The number of hydrogen-bond donors (Lipinski definition) is 1. The summed E-state index contributed by atoms with van der Waals surface area (Å²) in [5, 5.41) is 14.9. The third-order valence-electron chi connectivity index (χ3n) is 6.79. The zero-order chi connectivity index (χ0) is 31.7. The quantitative estimate of drug-likeness (QED) is 0.139. The van der Waals surface area contributed by atoms with Gasteiger partial charge < -0.3 is 10.2 Å². The van der Waals surface area contributed by atoms with Crippen molar-refractivity contribution in [3.05, 3.63) is 104 Å². The summed E-state index contributed by atoms with van der Waals surface area (Å²) in [6, 6.07) is 16.8. The molecule has 0 aliphatic heterocycles. The number of amides is 2. The first kappa shape index (κ1) is 33.8. The van der Waals surface area contributed by atoms with Gasteiger partial charge in [0.2, 0.25) is 21.8 Å². The highest BCUT2D eigenvalue weighted by atomic mass is 35.5. The minimum atomic E-state index is -4.09. The summed E-state index contributed by atoms with van der Waals surface area (Å²) in [5.74, 6) is -1.09. The summed E-state index contributed by atoms with van der Waals surface area (Å²) in [6.07, 6.45) is 2.65. The summed E-state index contributed by atoms with van der Waals surface area (Å²) in [5.41, 5.74) is 1.44. The van der Waals surface area contributed by atoms with E-state index in [2.05, 4.69) is 5.32 Å². The maximum atomic E-state index is 14.2. The molecule has 1 atom stereocenters. The van der Waals surface area contributed by atoms with Gasteiger partial charge in [-0.25, -0.2) is 8.42 Å². The highest BCUT2D eigenvalue weighted by Crippen LogP contribution is 2.29. The summed E-state index contributed by atoms with van der Waals surface area (Å²) >= 11 is 12.4. The number of halogens is 2. The molecule has 0 unspecified atom stereocenters. The zero-order valence-electron chi connectivity index (χ0n) is 24.1. The largest absolute Gasteiger partial charge is 0.354 e. The van der Waals surface area contributed by atoms with Crippen LogP contribution in [0.4, 0.5) is 11.4 Å². The SMILES string of the molecule is CCCCNC(=O)[C@@H](Cc1ccccc1)N(Cc1ccc(Cl)c(Cl)c1)C(=O)CN(c1cc([N+](=O)[O-])ccc1C)S(C)(=O)=O. The van der Waals surface area contributed by atoms with Crippen molar-refractivity contribution in [3.8, 4) is 0 Å². The van der Waals surface area contributed by atoms with E-state index in [0.29, 0.717) is 22.7 Å². The van der Waals surface area contributed by atoms with E-state index >= 15 is 0 Å². The van der Waals surface area contributed by atoms with Crippen LogP contribution in [0.5, 0.6) is 0 Å². The summed E-state index contributed by atoms with van der Waals surface area (Å²) in [7, 11) is -4.09. The van der Waals surface area contributed by atoms with Crippen LogP contribution in [0, 0.1) is 17.0 Å². The maximum absolute atomic E-state index is 14.2. The van der Waals surface area contributed by atoms with E-state index in [4.69, 9.17) is 23.2 Å². The van der Waals surface area contributed by atoms with Gasteiger partial charge in [-0.15, -0.1) is 0 Å². The third-order valence-corrected chi connectivity index (χ3v) is 8.65. The van der Waals surface area contributed by atoms with E-state index < -0.39 is 39.3 Å². The van der Waals surface area contributed by atoms with Gasteiger partial charge in [-0.3, -0.25) is 24.0 Å². The predicted molar refractivity (Wildman–Crippen MR) is 169 cm³/mol. The van der Waals surface area contributed by atoms with Crippen molar-refractivity contribution in [2.45, 2.75) is 45.7 Å². The summed E-state index contributed by atoms with van der Waals surface area (Å²) in [4.78, 5) is 40.0. The predicted octanol–water partition coefficient (Wildman–Crippen LogP) is 5.53. The number of benzene rings is 3. The van der Waals surface area contributed by atoms with E-state index in [1.54, 1.807) is 25.1 Å². The van der Waals surface area contributed by atoms with Crippen LogP contribution in [0.15, 0.2) is 66.7 Å². The lowest BCUT2D eigenvalue weighted by Crippen LogP contribution is -2.53. The monoisotopic (exact) mass is 648 g/mol. The number of nitrogens with one attached hydrogen (secondary N) is 1. The topological polar surface area (TPSA) is 130 Å². The van der Waals surface area contributed by atoms with Crippen LogP contribution in [0.2, 0.25) is 10.0 Å². The van der Waals surface area contributed by atoms with E-state index in [1.807, 2.05) is 37.3 Å². The summed E-state index contributed by atoms with van der Waals surface area (Å²) in [6.45, 7) is 3.20. The molecule has 43 heavy (non-hydrogen) atoms. The Balaban J connectivity index is 2.11. The molecule has 3 aromatic rings. The van der Waals surface area contributed by atoms with Gasteiger partial charge in [0.25, 0.3) is 5.69 Å². The fourth-order valence-electron chi connectivity index (χ4n) is 4.47. The number of nitrogens with zero attached hydrogens (tertiary/aromatic N) is 3. The molecule has 13 heteroatoms. The number of anilines is 1. The smallest absolute Gasteiger partial charge is 0.271 e. The Bertz CT molecular complexity index is 1570. The average Bonchev–Trinajstić information content (AvgIpc) is 2.95. The van der Waals surface area contributed by atoms with Crippen molar-refractivity contribution in [1.29, 1.82) is 0 Å². The molecule has 230 valence electrons. The zero-order valence-corrected chi connectivity index (χ0v) is 26.5. The lowest BCUT2D eigenvalue weighted by atomic mass is 10.0. The third kappa shape index (κ3) is 9.41. The normalized spacial score (nSPS) is 11.9. The number of hydrogen-bond acceptors (Lipinski definition) is 6. The van der Waals surface area contributed by atoms with E-state index in [-0.39, 0.29) is 29.4 Å². The van der Waals surface area contributed by atoms with Gasteiger partial charge in [-0.05, 0) is 42.2 Å². The molecule has 10 nitrogen and oxygen atoms in total. The molecule has 0 bridgehead atoms. The fraction of sp³-hybridized carbons (Fsp3) is 0.333. The number of non-ortho nitro benzene ring substituents is 1. The number of unbranched alkanes of at least 4 members (excludes halogenated alkanes) is 1. The molecule has 0 fully saturated rings. The number of sulfonamides is 1. The Kier molecular flexibility index (Phi) is 11.9. The van der Waals surface area contributed by atoms with Crippen molar-refractivity contribution >= 4 is 56.4 Å². The molecule has 3 rings (SSSR count). The van der Waals surface area contributed by atoms with E-state index in [9.17, 15) is 28.1 Å². The number of carbonyl (C=O) groups excluding carboxylic acids is 2. The molecule has 0 aliphatic carbocycles. The van der Waals surface area contributed by atoms with Crippen LogP contribution < -0.4 is 9.62 Å². The first-order valence-electron chi connectivity index (χ1n) is 13.6. The van der Waals surface area contributed by atoms with E-state index in [0.717, 1.165) is 35.0 Å². The van der Waals surface area contributed by atoms with Crippen LogP contribution in [0.3, 0.4) is 0 Å². The summed E-state index contributed by atoms with van der Waals surface area (Å²) < 4.78 is 26.8. The van der Waals surface area contributed by atoms with Gasteiger partial charge >= 0.3 is 0 Å². The van der Waals surface area contributed by atoms with Crippen molar-refractivity contribution in [2.24, 2.45) is 0 Å². The number of aryl methyl sites for hydroxylation is 1. The average molecular weight is 650 g/mol. The number of nitro groups is 1. The Morgan fingerprint density at radius 3 is 2.30 bits per heavy atom. The van der Waals surface area contributed by atoms with Crippen LogP contribution in [0.1, 0.15) is 36.5 Å². The Morgan fingerprint density at radius 2 is 1.70 bits per heavy atom. The van der Waals surface area contributed by atoms with Gasteiger partial charge in [0.1, 0.15) is 12.6 Å². The second kappa shape index (κ2) is 15.2. The molecular weight excluding hydrogens is 615 g/mol. The number of rotatable bonds is 14. The van der Waals surface area contributed by atoms with Crippen molar-refractivity contribution in [1.82, 2.24) is 10.2 Å².